The van der Waals surface area contributed by atoms with Crippen molar-refractivity contribution in [2.24, 2.45) is 0 Å². The first-order chi connectivity index (χ1) is 10.6. The van der Waals surface area contributed by atoms with Gasteiger partial charge in [0.15, 0.2) is 11.5 Å². The summed E-state index contributed by atoms with van der Waals surface area (Å²) in [5, 5.41) is 21.8. The molecule has 0 heterocycles. The minimum absolute atomic E-state index is 0.0266. The number of aromatic hydroxyl groups is 1. The molecule has 1 aromatic carbocycles. The van der Waals surface area contributed by atoms with Crippen LogP contribution in [0.5, 0.6) is 11.5 Å². The van der Waals surface area contributed by atoms with E-state index in [1.54, 1.807) is 12.1 Å². The molecule has 22 heavy (non-hydrogen) atoms. The van der Waals surface area contributed by atoms with E-state index in [9.17, 15) is 15.2 Å². The van der Waals surface area contributed by atoms with Gasteiger partial charge in [0.1, 0.15) is 11.6 Å². The summed E-state index contributed by atoms with van der Waals surface area (Å²) >= 11 is 0. The largest absolute Gasteiger partial charge is 0.504 e. The summed E-state index contributed by atoms with van der Waals surface area (Å²) in [6, 6.07) is 6.82. The molecule has 0 unspecified atom stereocenters. The minimum atomic E-state index is -0.357. The van der Waals surface area contributed by atoms with Crippen molar-refractivity contribution in [1.29, 1.82) is 5.26 Å². The fourth-order valence-corrected chi connectivity index (χ4v) is 2.62. The minimum Gasteiger partial charge on any atom is -0.504 e. The fraction of sp³-hybridized carbons (Fsp3) is 0.412. The lowest BCUT2D eigenvalue weighted by Crippen LogP contribution is -2.36. The van der Waals surface area contributed by atoms with Gasteiger partial charge in [0.05, 0.1) is 7.11 Å². The predicted octanol–water partition coefficient (Wildman–Crippen LogP) is 2.76. The highest BCUT2D eigenvalue weighted by Crippen LogP contribution is 2.27. The maximum absolute atomic E-state index is 12.2. The first-order valence-electron chi connectivity index (χ1n) is 7.43. The van der Waals surface area contributed by atoms with Gasteiger partial charge >= 0.3 is 0 Å². The summed E-state index contributed by atoms with van der Waals surface area (Å²) in [5.74, 6) is -0.0340. The third-order valence-electron chi connectivity index (χ3n) is 3.82. The highest BCUT2D eigenvalue weighted by Gasteiger charge is 2.18. The Morgan fingerprint density at radius 3 is 2.73 bits per heavy atom. The molecule has 5 nitrogen and oxygen atoms in total. The van der Waals surface area contributed by atoms with E-state index in [4.69, 9.17) is 4.74 Å². The zero-order valence-electron chi connectivity index (χ0n) is 12.6. The van der Waals surface area contributed by atoms with Crippen LogP contribution in [0.2, 0.25) is 0 Å². The number of phenolic OH excluding ortho intramolecular Hbond substituents is 1. The third-order valence-corrected chi connectivity index (χ3v) is 3.82. The first kappa shape index (κ1) is 15.9. The van der Waals surface area contributed by atoms with E-state index >= 15 is 0 Å². The lowest BCUT2D eigenvalue weighted by Gasteiger charge is -2.22. The molecule has 0 aromatic heterocycles. The molecule has 1 aliphatic rings. The summed E-state index contributed by atoms with van der Waals surface area (Å²) in [6.07, 6.45) is 6.84. The Bertz CT molecular complexity index is 611. The summed E-state index contributed by atoms with van der Waals surface area (Å²) in [4.78, 5) is 12.2. The maximum atomic E-state index is 12.2. The molecule has 0 saturated heterocycles. The Balaban J connectivity index is 2.11. The lowest BCUT2D eigenvalue weighted by molar-refractivity contribution is -0.117. The number of amides is 1. The fourth-order valence-electron chi connectivity index (χ4n) is 2.62. The zero-order valence-corrected chi connectivity index (χ0v) is 12.6. The van der Waals surface area contributed by atoms with Crippen molar-refractivity contribution in [1.82, 2.24) is 5.32 Å². The molecule has 0 spiro atoms. The average Bonchev–Trinajstić information content (AvgIpc) is 2.53. The van der Waals surface area contributed by atoms with Gasteiger partial charge in [-0.3, -0.25) is 4.79 Å². The van der Waals surface area contributed by atoms with E-state index < -0.39 is 0 Å². The van der Waals surface area contributed by atoms with Crippen molar-refractivity contribution >= 4 is 12.0 Å². The lowest BCUT2D eigenvalue weighted by atomic mass is 9.95. The van der Waals surface area contributed by atoms with E-state index in [1.807, 2.05) is 6.07 Å². The smallest absolute Gasteiger partial charge is 0.262 e. The molecule has 1 aromatic rings. The van der Waals surface area contributed by atoms with Gasteiger partial charge in [-0.05, 0) is 36.6 Å². The van der Waals surface area contributed by atoms with Crippen LogP contribution < -0.4 is 10.1 Å². The van der Waals surface area contributed by atoms with Gasteiger partial charge < -0.3 is 15.2 Å². The second kappa shape index (κ2) is 7.51. The van der Waals surface area contributed by atoms with Crippen LogP contribution in [0.1, 0.15) is 37.7 Å². The molecule has 0 radical (unpaired) electrons. The molecule has 2 N–H and O–H groups in total. The van der Waals surface area contributed by atoms with E-state index in [0.717, 1.165) is 25.7 Å². The Hall–Kier alpha value is -2.48. The number of hydrogen-bond acceptors (Lipinski definition) is 4. The molecule has 1 amide bonds. The van der Waals surface area contributed by atoms with Crippen molar-refractivity contribution in [2.75, 3.05) is 7.11 Å². The molecule has 0 atom stereocenters. The van der Waals surface area contributed by atoms with Crippen molar-refractivity contribution in [3.63, 3.8) is 0 Å². The van der Waals surface area contributed by atoms with Gasteiger partial charge in [0.25, 0.3) is 5.91 Å². The van der Waals surface area contributed by atoms with Gasteiger partial charge in [0, 0.05) is 6.04 Å². The zero-order chi connectivity index (χ0) is 15.9. The van der Waals surface area contributed by atoms with Crippen LogP contribution in [0.3, 0.4) is 0 Å². The van der Waals surface area contributed by atoms with Crippen molar-refractivity contribution in [3.05, 3.63) is 29.3 Å². The number of rotatable bonds is 4. The number of hydrogen-bond donors (Lipinski definition) is 2. The Kier molecular flexibility index (Phi) is 5.42. The monoisotopic (exact) mass is 300 g/mol. The van der Waals surface area contributed by atoms with E-state index in [-0.39, 0.29) is 23.3 Å². The number of benzene rings is 1. The molecule has 0 aliphatic heterocycles. The number of nitriles is 1. The molecular weight excluding hydrogens is 280 g/mol. The number of carbonyl (C=O) groups excluding carboxylic acids is 1. The molecule has 1 fully saturated rings. The number of methoxy groups -OCH3 is 1. The third kappa shape index (κ3) is 4.01. The SMILES string of the molecule is COc1ccc(/C=C(\C#N)C(=O)NC2CCCCC2)cc1O. The summed E-state index contributed by atoms with van der Waals surface area (Å²) in [6.45, 7) is 0. The van der Waals surface area contributed by atoms with Crippen LogP contribution >= 0.6 is 0 Å². The second-order valence-electron chi connectivity index (χ2n) is 5.41. The highest BCUT2D eigenvalue weighted by molar-refractivity contribution is 6.01. The van der Waals surface area contributed by atoms with Gasteiger partial charge in [-0.2, -0.15) is 5.26 Å². The number of nitrogens with zero attached hydrogens (tertiary/aromatic N) is 1. The predicted molar refractivity (Wildman–Crippen MR) is 83.3 cm³/mol. The molecule has 116 valence electrons. The number of ether oxygens (including phenoxy) is 1. The van der Waals surface area contributed by atoms with Crippen LogP contribution in [0, 0.1) is 11.3 Å². The second-order valence-corrected chi connectivity index (χ2v) is 5.41. The molecule has 5 heteroatoms. The molecule has 1 saturated carbocycles. The average molecular weight is 300 g/mol. The van der Waals surface area contributed by atoms with Gasteiger partial charge in [-0.1, -0.05) is 25.3 Å². The van der Waals surface area contributed by atoms with Crippen LogP contribution in [-0.2, 0) is 4.79 Å². The van der Waals surface area contributed by atoms with Gasteiger partial charge in [0.2, 0.25) is 0 Å². The van der Waals surface area contributed by atoms with E-state index in [0.29, 0.717) is 11.3 Å². The van der Waals surface area contributed by atoms with Gasteiger partial charge in [-0.25, -0.2) is 0 Å². The van der Waals surface area contributed by atoms with Crippen LogP contribution in [0.4, 0.5) is 0 Å². The summed E-state index contributed by atoms with van der Waals surface area (Å²) in [7, 11) is 1.46. The standard InChI is InChI=1S/C17H20N2O3/c1-22-16-8-7-12(10-15(16)20)9-13(11-18)17(21)19-14-5-3-2-4-6-14/h7-10,14,20H,2-6H2,1H3,(H,19,21)/b13-9+. The number of phenols is 1. The Morgan fingerprint density at radius 2 is 2.14 bits per heavy atom. The van der Waals surface area contributed by atoms with Crippen LogP contribution in [0.25, 0.3) is 6.08 Å². The topological polar surface area (TPSA) is 82.3 Å². The van der Waals surface area contributed by atoms with E-state index in [2.05, 4.69) is 5.32 Å². The van der Waals surface area contributed by atoms with Gasteiger partial charge in [-0.15, -0.1) is 0 Å². The first-order valence-corrected chi connectivity index (χ1v) is 7.43. The van der Waals surface area contributed by atoms with Crippen LogP contribution in [-0.4, -0.2) is 24.2 Å². The normalized spacial score (nSPS) is 15.9. The number of carbonyl (C=O) groups is 1. The van der Waals surface area contributed by atoms with E-state index in [1.165, 1.54) is 25.7 Å². The quantitative estimate of drug-likeness (QED) is 0.661. The summed E-state index contributed by atoms with van der Waals surface area (Å²) < 4.78 is 4.96. The molecular formula is C17H20N2O3. The van der Waals surface area contributed by atoms with Crippen molar-refractivity contribution < 1.29 is 14.6 Å². The maximum Gasteiger partial charge on any atom is 0.262 e. The molecule has 0 bridgehead atoms. The van der Waals surface area contributed by atoms with Crippen molar-refractivity contribution in [2.45, 2.75) is 38.1 Å². The Morgan fingerprint density at radius 1 is 1.41 bits per heavy atom. The Labute approximate surface area is 130 Å². The molecule has 1 aliphatic carbocycles. The highest BCUT2D eigenvalue weighted by atomic mass is 16.5. The van der Waals surface area contributed by atoms with Crippen molar-refractivity contribution in [3.8, 4) is 17.6 Å². The van der Waals surface area contributed by atoms with Crippen LogP contribution in [0.15, 0.2) is 23.8 Å². The molecule has 2 rings (SSSR count). The summed E-state index contributed by atoms with van der Waals surface area (Å²) in [5.41, 5.74) is 0.615. The number of nitrogens with one attached hydrogen (secondary N) is 1.